The van der Waals surface area contributed by atoms with E-state index in [1.807, 2.05) is 7.05 Å². The van der Waals surface area contributed by atoms with E-state index in [4.69, 9.17) is 0 Å². The monoisotopic (exact) mass is 241 g/mol. The van der Waals surface area contributed by atoms with Crippen molar-refractivity contribution < 1.29 is 14.4 Å². The van der Waals surface area contributed by atoms with Crippen molar-refractivity contribution in [2.24, 2.45) is 0 Å². The number of ketones is 1. The minimum atomic E-state index is -0.138. The zero-order valence-electron chi connectivity index (χ0n) is 10.0. The van der Waals surface area contributed by atoms with E-state index in [0.29, 0.717) is 25.4 Å². The summed E-state index contributed by atoms with van der Waals surface area (Å²) in [4.78, 5) is 31.4. The van der Waals surface area contributed by atoms with E-state index in [1.165, 1.54) is 0 Å². The fraction of sp³-hybridized carbons (Fsp3) is 0.727. The molecule has 1 unspecified atom stereocenters. The molecule has 2 amide bonds. The van der Waals surface area contributed by atoms with E-state index in [0.717, 1.165) is 13.0 Å². The summed E-state index contributed by atoms with van der Waals surface area (Å²) in [6, 6.07) is 0.402. The minimum absolute atomic E-state index is 0.0498. The Morgan fingerprint density at radius 2 is 1.82 bits per heavy atom. The second kappa shape index (κ2) is 7.01. The van der Waals surface area contributed by atoms with Crippen LogP contribution < -0.4 is 16.0 Å². The highest BCUT2D eigenvalue weighted by Gasteiger charge is 2.16. The number of nitrogens with one attached hydrogen (secondary N) is 3. The van der Waals surface area contributed by atoms with Gasteiger partial charge < -0.3 is 16.0 Å². The van der Waals surface area contributed by atoms with Gasteiger partial charge in [0.1, 0.15) is 5.78 Å². The molecule has 0 aliphatic carbocycles. The fourth-order valence-corrected chi connectivity index (χ4v) is 1.70. The predicted molar refractivity (Wildman–Crippen MR) is 62.3 cm³/mol. The molecule has 6 nitrogen and oxygen atoms in total. The average molecular weight is 241 g/mol. The normalized spacial score (nSPS) is 24.3. The van der Waals surface area contributed by atoms with E-state index in [1.54, 1.807) is 0 Å². The first kappa shape index (κ1) is 13.6. The molecule has 6 heteroatoms. The van der Waals surface area contributed by atoms with Crippen molar-refractivity contribution in [1.29, 1.82) is 0 Å². The van der Waals surface area contributed by atoms with Gasteiger partial charge in [0.15, 0.2) is 0 Å². The summed E-state index contributed by atoms with van der Waals surface area (Å²) >= 11 is 0. The van der Waals surface area contributed by atoms with Gasteiger partial charge >= 0.3 is 0 Å². The van der Waals surface area contributed by atoms with E-state index in [2.05, 4.69) is 16.0 Å². The van der Waals surface area contributed by atoms with Crippen molar-refractivity contribution in [3.05, 3.63) is 0 Å². The lowest BCUT2D eigenvalue weighted by atomic mass is 10.1. The summed E-state index contributed by atoms with van der Waals surface area (Å²) in [6.07, 6.45) is 2.28. The third-order valence-corrected chi connectivity index (χ3v) is 2.74. The SMILES string of the molecule is CNC1CCNC(=O)C1.O=C1CCNC(=O)C1. The Balaban J connectivity index is 0.000000171. The van der Waals surface area contributed by atoms with Crippen LogP contribution in [0.4, 0.5) is 0 Å². The number of Topliss-reactive ketones (excluding diaryl/α,β-unsaturated/α-hetero) is 1. The second-order valence-electron chi connectivity index (χ2n) is 4.14. The van der Waals surface area contributed by atoms with Crippen LogP contribution in [0.15, 0.2) is 0 Å². The van der Waals surface area contributed by atoms with Gasteiger partial charge in [0, 0.05) is 32.0 Å². The van der Waals surface area contributed by atoms with Gasteiger partial charge in [0.25, 0.3) is 0 Å². The summed E-state index contributed by atoms with van der Waals surface area (Å²) in [5.74, 6) is 0.0793. The maximum Gasteiger partial charge on any atom is 0.227 e. The van der Waals surface area contributed by atoms with Crippen molar-refractivity contribution in [3.8, 4) is 0 Å². The van der Waals surface area contributed by atoms with Crippen LogP contribution in [0.5, 0.6) is 0 Å². The zero-order valence-corrected chi connectivity index (χ0v) is 10.0. The molecule has 0 radical (unpaired) electrons. The Morgan fingerprint density at radius 3 is 2.24 bits per heavy atom. The van der Waals surface area contributed by atoms with Crippen LogP contribution in [-0.4, -0.2) is 43.8 Å². The molecular weight excluding hydrogens is 222 g/mol. The first-order valence-electron chi connectivity index (χ1n) is 5.84. The first-order valence-corrected chi connectivity index (χ1v) is 5.84. The zero-order chi connectivity index (χ0) is 12.7. The lowest BCUT2D eigenvalue weighted by Crippen LogP contribution is -2.41. The van der Waals surface area contributed by atoms with Gasteiger partial charge in [-0.05, 0) is 13.5 Å². The predicted octanol–water partition coefficient (Wildman–Crippen LogP) is -1.05. The number of carbonyl (C=O) groups is 3. The third kappa shape index (κ3) is 5.44. The highest BCUT2D eigenvalue weighted by molar-refractivity contribution is 6.00. The molecule has 0 aromatic carbocycles. The number of rotatable bonds is 1. The Morgan fingerprint density at radius 1 is 1.12 bits per heavy atom. The molecule has 0 bridgehead atoms. The largest absolute Gasteiger partial charge is 0.356 e. The van der Waals surface area contributed by atoms with E-state index in [9.17, 15) is 14.4 Å². The fourth-order valence-electron chi connectivity index (χ4n) is 1.70. The summed E-state index contributed by atoms with van der Waals surface area (Å²) in [5.41, 5.74) is 0. The molecule has 2 heterocycles. The highest BCUT2D eigenvalue weighted by Crippen LogP contribution is 2.01. The Kier molecular flexibility index (Phi) is 5.62. The minimum Gasteiger partial charge on any atom is -0.356 e. The molecule has 2 aliphatic heterocycles. The molecule has 0 aromatic heterocycles. The van der Waals surface area contributed by atoms with Gasteiger partial charge in [-0.25, -0.2) is 0 Å². The maximum absolute atomic E-state index is 10.7. The van der Waals surface area contributed by atoms with Crippen LogP contribution in [-0.2, 0) is 14.4 Å². The number of hydrogen-bond acceptors (Lipinski definition) is 4. The molecule has 2 aliphatic rings. The van der Waals surface area contributed by atoms with Crippen LogP contribution in [0.1, 0.15) is 25.7 Å². The van der Waals surface area contributed by atoms with Crippen molar-refractivity contribution in [3.63, 3.8) is 0 Å². The van der Waals surface area contributed by atoms with E-state index < -0.39 is 0 Å². The number of piperidine rings is 2. The van der Waals surface area contributed by atoms with Crippen LogP contribution >= 0.6 is 0 Å². The molecule has 0 saturated carbocycles. The standard InChI is InChI=1S/C6H12N2O.C5H7NO2/c1-7-5-2-3-8-6(9)4-5;7-4-1-2-6-5(8)3-4/h5,7H,2-4H2,1H3,(H,8,9);1-3H2,(H,6,8). The van der Waals surface area contributed by atoms with Crippen molar-refractivity contribution in [2.75, 3.05) is 20.1 Å². The first-order chi connectivity index (χ1) is 8.11. The van der Waals surface area contributed by atoms with E-state index >= 15 is 0 Å². The molecule has 0 spiro atoms. The van der Waals surface area contributed by atoms with Crippen LogP contribution in [0.3, 0.4) is 0 Å². The summed E-state index contributed by atoms with van der Waals surface area (Å²) in [6.45, 7) is 1.35. The smallest absolute Gasteiger partial charge is 0.227 e. The van der Waals surface area contributed by atoms with Crippen molar-refractivity contribution in [1.82, 2.24) is 16.0 Å². The molecule has 2 fully saturated rings. The van der Waals surface area contributed by atoms with Gasteiger partial charge in [0.2, 0.25) is 11.8 Å². The molecule has 2 rings (SSSR count). The molecule has 3 N–H and O–H groups in total. The van der Waals surface area contributed by atoms with E-state index in [-0.39, 0.29) is 24.0 Å². The van der Waals surface area contributed by atoms with Gasteiger partial charge in [-0.1, -0.05) is 0 Å². The van der Waals surface area contributed by atoms with Crippen molar-refractivity contribution >= 4 is 17.6 Å². The maximum atomic E-state index is 10.7. The molecular formula is C11H19N3O3. The number of carbonyl (C=O) groups excluding carboxylic acids is 3. The number of amides is 2. The second-order valence-corrected chi connectivity index (χ2v) is 4.14. The summed E-state index contributed by atoms with van der Waals surface area (Å²) in [7, 11) is 1.89. The lowest BCUT2D eigenvalue weighted by Gasteiger charge is -2.20. The molecule has 96 valence electrons. The van der Waals surface area contributed by atoms with Crippen LogP contribution in [0.2, 0.25) is 0 Å². The van der Waals surface area contributed by atoms with Gasteiger partial charge in [-0.2, -0.15) is 0 Å². The lowest BCUT2D eigenvalue weighted by molar-refractivity contribution is -0.130. The van der Waals surface area contributed by atoms with Gasteiger partial charge in [-0.3, -0.25) is 14.4 Å². The topological polar surface area (TPSA) is 87.3 Å². The molecule has 2 saturated heterocycles. The van der Waals surface area contributed by atoms with Gasteiger partial charge in [0.05, 0.1) is 6.42 Å². The Labute approximate surface area is 101 Å². The third-order valence-electron chi connectivity index (χ3n) is 2.74. The molecule has 17 heavy (non-hydrogen) atoms. The Bertz CT molecular complexity index is 290. The van der Waals surface area contributed by atoms with Gasteiger partial charge in [-0.15, -0.1) is 0 Å². The average Bonchev–Trinajstić information content (AvgIpc) is 2.29. The summed E-state index contributed by atoms with van der Waals surface area (Å²) in [5, 5.41) is 8.39. The Hall–Kier alpha value is -1.43. The quantitative estimate of drug-likeness (QED) is 0.511. The molecule has 1 atom stereocenters. The highest BCUT2D eigenvalue weighted by atomic mass is 16.2. The number of hydrogen-bond donors (Lipinski definition) is 3. The summed E-state index contributed by atoms with van der Waals surface area (Å²) < 4.78 is 0. The molecule has 0 aromatic rings. The van der Waals surface area contributed by atoms with Crippen LogP contribution in [0, 0.1) is 0 Å². The van der Waals surface area contributed by atoms with Crippen molar-refractivity contribution in [2.45, 2.75) is 31.7 Å². The van der Waals surface area contributed by atoms with Crippen LogP contribution in [0.25, 0.3) is 0 Å².